The molecule has 0 aliphatic heterocycles. The van der Waals surface area contributed by atoms with Crippen LogP contribution in [-0.4, -0.2) is 21.3 Å². The van der Waals surface area contributed by atoms with Crippen LogP contribution in [0.25, 0.3) is 0 Å². The number of fused-ring (bicyclic) bond motifs is 1. The average Bonchev–Trinajstić information content (AvgIpc) is 2.75. The third-order valence-corrected chi connectivity index (χ3v) is 2.92. The Kier molecular flexibility index (Phi) is 2.71. The second-order valence-corrected chi connectivity index (χ2v) is 3.62. The zero-order valence-corrected chi connectivity index (χ0v) is 9.42. The van der Waals surface area contributed by atoms with Crippen LogP contribution in [0.5, 0.6) is 17.2 Å². The summed E-state index contributed by atoms with van der Waals surface area (Å²) in [6.07, 6.45) is 3.28. The van der Waals surface area contributed by atoms with Crippen molar-refractivity contribution in [2.24, 2.45) is 0 Å². The molecule has 0 heterocycles. The number of rotatable bonds is 3. The standard InChI is InChI=1S/C12H16O3/c1-13-10-7-11(14-2)12(15-3)9-6-4-5-8(9)10/h7H,4-6H2,1-3H3. The van der Waals surface area contributed by atoms with Gasteiger partial charge in [0.05, 0.1) is 21.3 Å². The Labute approximate surface area is 90.0 Å². The molecule has 2 rings (SSSR count). The van der Waals surface area contributed by atoms with E-state index in [0.29, 0.717) is 0 Å². The van der Waals surface area contributed by atoms with Crippen LogP contribution in [0.2, 0.25) is 0 Å². The van der Waals surface area contributed by atoms with E-state index < -0.39 is 0 Å². The molecule has 1 aliphatic rings. The fraction of sp³-hybridized carbons (Fsp3) is 0.500. The molecule has 15 heavy (non-hydrogen) atoms. The Morgan fingerprint density at radius 2 is 1.53 bits per heavy atom. The van der Waals surface area contributed by atoms with Crippen molar-refractivity contribution in [3.8, 4) is 17.2 Å². The highest BCUT2D eigenvalue weighted by Crippen LogP contribution is 2.43. The van der Waals surface area contributed by atoms with Crippen molar-refractivity contribution >= 4 is 0 Å². The van der Waals surface area contributed by atoms with Gasteiger partial charge in [0.15, 0.2) is 11.5 Å². The Hall–Kier alpha value is -1.38. The first kappa shape index (κ1) is 10.1. The minimum Gasteiger partial charge on any atom is -0.496 e. The van der Waals surface area contributed by atoms with Gasteiger partial charge < -0.3 is 14.2 Å². The monoisotopic (exact) mass is 208 g/mol. The molecule has 0 saturated heterocycles. The van der Waals surface area contributed by atoms with Gasteiger partial charge in [0.25, 0.3) is 0 Å². The van der Waals surface area contributed by atoms with Crippen molar-refractivity contribution in [1.82, 2.24) is 0 Å². The third kappa shape index (κ3) is 1.52. The highest BCUT2D eigenvalue weighted by molar-refractivity contribution is 5.58. The molecular weight excluding hydrogens is 192 g/mol. The Balaban J connectivity index is 2.60. The first-order chi connectivity index (χ1) is 7.31. The van der Waals surface area contributed by atoms with E-state index in [9.17, 15) is 0 Å². The summed E-state index contributed by atoms with van der Waals surface area (Å²) in [6.45, 7) is 0. The average molecular weight is 208 g/mol. The van der Waals surface area contributed by atoms with E-state index in [-0.39, 0.29) is 0 Å². The third-order valence-electron chi connectivity index (χ3n) is 2.92. The largest absolute Gasteiger partial charge is 0.496 e. The molecule has 1 aromatic rings. The van der Waals surface area contributed by atoms with E-state index in [1.807, 2.05) is 6.07 Å². The highest BCUT2D eigenvalue weighted by Gasteiger charge is 2.23. The van der Waals surface area contributed by atoms with E-state index in [1.165, 1.54) is 11.1 Å². The zero-order valence-electron chi connectivity index (χ0n) is 9.42. The van der Waals surface area contributed by atoms with Crippen molar-refractivity contribution in [3.05, 3.63) is 17.2 Å². The van der Waals surface area contributed by atoms with Gasteiger partial charge in [-0.05, 0) is 19.3 Å². The number of hydrogen-bond donors (Lipinski definition) is 0. The molecule has 3 heteroatoms. The van der Waals surface area contributed by atoms with E-state index in [1.54, 1.807) is 21.3 Å². The number of methoxy groups -OCH3 is 3. The van der Waals surface area contributed by atoms with Gasteiger partial charge in [-0.2, -0.15) is 0 Å². The molecular formula is C12H16O3. The molecule has 0 bridgehead atoms. The van der Waals surface area contributed by atoms with Crippen LogP contribution < -0.4 is 14.2 Å². The van der Waals surface area contributed by atoms with E-state index in [4.69, 9.17) is 14.2 Å². The van der Waals surface area contributed by atoms with Crippen LogP contribution >= 0.6 is 0 Å². The van der Waals surface area contributed by atoms with Gasteiger partial charge in [-0.25, -0.2) is 0 Å². The lowest BCUT2D eigenvalue weighted by Crippen LogP contribution is -1.98. The molecule has 0 spiro atoms. The quantitative estimate of drug-likeness (QED) is 0.762. The minimum absolute atomic E-state index is 0.759. The summed E-state index contributed by atoms with van der Waals surface area (Å²) < 4.78 is 16.1. The van der Waals surface area contributed by atoms with Crippen molar-refractivity contribution < 1.29 is 14.2 Å². The number of ether oxygens (including phenoxy) is 3. The smallest absolute Gasteiger partial charge is 0.164 e. The van der Waals surface area contributed by atoms with Gasteiger partial charge in [-0.15, -0.1) is 0 Å². The summed E-state index contributed by atoms with van der Waals surface area (Å²) in [4.78, 5) is 0. The predicted molar refractivity (Wildman–Crippen MR) is 58.1 cm³/mol. The molecule has 0 fully saturated rings. The first-order valence-electron chi connectivity index (χ1n) is 5.12. The SMILES string of the molecule is COc1cc(OC)c(OC)c2c1CCC2. The molecule has 1 aromatic carbocycles. The minimum atomic E-state index is 0.759. The molecule has 0 radical (unpaired) electrons. The van der Waals surface area contributed by atoms with Crippen LogP contribution in [0.15, 0.2) is 6.07 Å². The molecule has 3 nitrogen and oxygen atoms in total. The van der Waals surface area contributed by atoms with E-state index in [2.05, 4.69) is 0 Å². The van der Waals surface area contributed by atoms with E-state index in [0.717, 1.165) is 36.5 Å². The molecule has 0 N–H and O–H groups in total. The molecule has 0 amide bonds. The topological polar surface area (TPSA) is 27.7 Å². The summed E-state index contributed by atoms with van der Waals surface area (Å²) in [5.41, 5.74) is 2.52. The molecule has 1 aliphatic carbocycles. The van der Waals surface area contributed by atoms with Gasteiger partial charge in [0.1, 0.15) is 5.75 Å². The maximum atomic E-state index is 5.40. The second kappa shape index (κ2) is 4.01. The fourth-order valence-electron chi connectivity index (χ4n) is 2.24. The highest BCUT2D eigenvalue weighted by atomic mass is 16.5. The fourth-order valence-corrected chi connectivity index (χ4v) is 2.24. The van der Waals surface area contributed by atoms with Gasteiger partial charge in [-0.3, -0.25) is 0 Å². The molecule has 82 valence electrons. The normalized spacial score (nSPS) is 13.5. The van der Waals surface area contributed by atoms with Crippen molar-refractivity contribution in [1.29, 1.82) is 0 Å². The Bertz CT molecular complexity index is 372. The summed E-state index contributed by atoms with van der Waals surface area (Å²) in [7, 11) is 5.03. The van der Waals surface area contributed by atoms with Crippen molar-refractivity contribution in [3.63, 3.8) is 0 Å². The Morgan fingerprint density at radius 1 is 0.867 bits per heavy atom. The van der Waals surface area contributed by atoms with Gasteiger partial charge in [-0.1, -0.05) is 0 Å². The van der Waals surface area contributed by atoms with Crippen LogP contribution in [0.1, 0.15) is 17.5 Å². The van der Waals surface area contributed by atoms with Gasteiger partial charge in [0, 0.05) is 17.2 Å². The maximum absolute atomic E-state index is 5.40. The van der Waals surface area contributed by atoms with E-state index >= 15 is 0 Å². The lowest BCUT2D eigenvalue weighted by molar-refractivity contribution is 0.345. The van der Waals surface area contributed by atoms with Gasteiger partial charge >= 0.3 is 0 Å². The Morgan fingerprint density at radius 3 is 2.13 bits per heavy atom. The zero-order chi connectivity index (χ0) is 10.8. The van der Waals surface area contributed by atoms with Crippen LogP contribution in [-0.2, 0) is 12.8 Å². The van der Waals surface area contributed by atoms with Crippen LogP contribution in [0.4, 0.5) is 0 Å². The molecule has 0 aromatic heterocycles. The first-order valence-corrected chi connectivity index (χ1v) is 5.12. The number of benzene rings is 1. The summed E-state index contributed by atoms with van der Waals surface area (Å²) in [6, 6.07) is 1.91. The summed E-state index contributed by atoms with van der Waals surface area (Å²) in [5, 5.41) is 0. The molecule has 0 unspecified atom stereocenters. The second-order valence-electron chi connectivity index (χ2n) is 3.62. The molecule has 0 atom stereocenters. The van der Waals surface area contributed by atoms with Crippen molar-refractivity contribution in [2.75, 3.05) is 21.3 Å². The molecule has 0 saturated carbocycles. The summed E-state index contributed by atoms with van der Waals surface area (Å²) in [5.74, 6) is 2.54. The van der Waals surface area contributed by atoms with Crippen LogP contribution in [0, 0.1) is 0 Å². The maximum Gasteiger partial charge on any atom is 0.164 e. The lowest BCUT2D eigenvalue weighted by atomic mass is 10.1. The van der Waals surface area contributed by atoms with Gasteiger partial charge in [0.2, 0.25) is 0 Å². The number of hydrogen-bond acceptors (Lipinski definition) is 3. The van der Waals surface area contributed by atoms with Crippen molar-refractivity contribution in [2.45, 2.75) is 19.3 Å². The summed E-state index contributed by atoms with van der Waals surface area (Å²) >= 11 is 0. The predicted octanol–water partition coefficient (Wildman–Crippen LogP) is 2.20. The van der Waals surface area contributed by atoms with Crippen LogP contribution in [0.3, 0.4) is 0 Å². The lowest BCUT2D eigenvalue weighted by Gasteiger charge is -2.15.